The summed E-state index contributed by atoms with van der Waals surface area (Å²) < 4.78 is 13.6. The van der Waals surface area contributed by atoms with Gasteiger partial charge in [-0.05, 0) is 64.2 Å². The van der Waals surface area contributed by atoms with Crippen molar-refractivity contribution in [2.24, 2.45) is 0 Å². The van der Waals surface area contributed by atoms with E-state index in [1.54, 1.807) is 29.2 Å². The predicted molar refractivity (Wildman–Crippen MR) is 116 cm³/mol. The number of benzene rings is 3. The van der Waals surface area contributed by atoms with Gasteiger partial charge in [-0.15, -0.1) is 0 Å². The fourth-order valence-corrected chi connectivity index (χ4v) is 3.82. The Hall–Kier alpha value is -3.44. The molecule has 4 rings (SSSR count). The van der Waals surface area contributed by atoms with Crippen LogP contribution in [0.5, 0.6) is 0 Å². The first-order valence-corrected chi connectivity index (χ1v) is 9.63. The van der Waals surface area contributed by atoms with Gasteiger partial charge in [-0.2, -0.15) is 0 Å². The van der Waals surface area contributed by atoms with Crippen molar-refractivity contribution in [2.45, 2.75) is 13.5 Å². The van der Waals surface area contributed by atoms with E-state index < -0.39 is 11.8 Å². The highest BCUT2D eigenvalue weighted by Crippen LogP contribution is 2.33. The van der Waals surface area contributed by atoms with Crippen LogP contribution in [0.3, 0.4) is 0 Å². The van der Waals surface area contributed by atoms with Crippen molar-refractivity contribution in [3.8, 4) is 11.1 Å². The Kier molecular flexibility index (Phi) is 5.14. The fraction of sp³-hybridized carbons (Fsp3) is 0.0833. The van der Waals surface area contributed by atoms with Crippen LogP contribution in [0.15, 0.2) is 54.6 Å². The molecule has 1 amide bonds. The number of hydrogen-bond donors (Lipinski definition) is 1. The quantitative estimate of drug-likeness (QED) is 0.562. The van der Waals surface area contributed by atoms with Crippen molar-refractivity contribution in [3.05, 3.63) is 87.7 Å². The van der Waals surface area contributed by atoms with Crippen LogP contribution in [-0.4, -0.2) is 17.0 Å². The van der Waals surface area contributed by atoms with E-state index in [1.807, 2.05) is 24.3 Å². The first kappa shape index (κ1) is 19.9. The molecule has 0 atom stereocenters. The van der Waals surface area contributed by atoms with Crippen molar-refractivity contribution in [2.75, 3.05) is 4.90 Å². The van der Waals surface area contributed by atoms with E-state index in [0.717, 1.165) is 28.4 Å². The number of carbonyl (C=O) groups is 2. The number of carbonyl (C=O) groups excluding carboxylic acids is 1. The molecule has 3 aromatic rings. The van der Waals surface area contributed by atoms with Crippen LogP contribution < -0.4 is 4.90 Å². The molecule has 1 heterocycles. The van der Waals surface area contributed by atoms with E-state index in [9.17, 15) is 19.1 Å². The van der Waals surface area contributed by atoms with Crippen LogP contribution in [0.4, 0.5) is 10.1 Å². The van der Waals surface area contributed by atoms with E-state index >= 15 is 0 Å². The van der Waals surface area contributed by atoms with Crippen molar-refractivity contribution < 1.29 is 19.1 Å². The Labute approximate surface area is 177 Å². The maximum Gasteiger partial charge on any atom is 0.336 e. The average Bonchev–Trinajstić information content (AvgIpc) is 2.69. The third-order valence-corrected chi connectivity index (χ3v) is 5.33. The molecule has 0 unspecified atom stereocenters. The maximum absolute atomic E-state index is 13.6. The van der Waals surface area contributed by atoms with Crippen molar-refractivity contribution >= 4 is 41.3 Å². The molecular formula is C24H17ClFNO3. The lowest BCUT2D eigenvalue weighted by Gasteiger charge is -2.26. The molecule has 150 valence electrons. The summed E-state index contributed by atoms with van der Waals surface area (Å²) in [6.07, 6.45) is 3.84. The molecule has 0 aromatic heterocycles. The number of aromatic carboxylic acids is 1. The molecule has 1 aliphatic rings. The van der Waals surface area contributed by atoms with Crippen LogP contribution in [0.1, 0.15) is 34.0 Å². The highest BCUT2D eigenvalue weighted by Gasteiger charge is 2.20. The van der Waals surface area contributed by atoms with Crippen LogP contribution in [-0.2, 0) is 11.3 Å². The summed E-state index contributed by atoms with van der Waals surface area (Å²) in [4.78, 5) is 25.7. The minimum Gasteiger partial charge on any atom is -0.478 e. The van der Waals surface area contributed by atoms with E-state index in [2.05, 4.69) is 0 Å². The van der Waals surface area contributed by atoms with E-state index in [-0.39, 0.29) is 11.5 Å². The number of nitrogens with zero attached hydrogens (tertiary/aromatic N) is 1. The van der Waals surface area contributed by atoms with Gasteiger partial charge < -0.3 is 10.0 Å². The van der Waals surface area contributed by atoms with Crippen LogP contribution in [0, 0.1) is 5.82 Å². The zero-order valence-corrected chi connectivity index (χ0v) is 16.8. The van der Waals surface area contributed by atoms with Gasteiger partial charge in [0.2, 0.25) is 5.91 Å². The van der Waals surface area contributed by atoms with Gasteiger partial charge in [0.1, 0.15) is 5.82 Å². The maximum atomic E-state index is 13.6. The monoisotopic (exact) mass is 421 g/mol. The van der Waals surface area contributed by atoms with Gasteiger partial charge in [0.15, 0.2) is 0 Å². The van der Waals surface area contributed by atoms with Gasteiger partial charge in [-0.25, -0.2) is 9.18 Å². The summed E-state index contributed by atoms with van der Waals surface area (Å²) in [6.45, 7) is 1.80. The zero-order valence-electron chi connectivity index (χ0n) is 16.0. The van der Waals surface area contributed by atoms with Gasteiger partial charge in [0, 0.05) is 11.9 Å². The predicted octanol–water partition coefficient (Wildman–Crippen LogP) is 5.88. The molecule has 4 nitrogen and oxygen atoms in total. The van der Waals surface area contributed by atoms with Crippen LogP contribution >= 0.6 is 11.6 Å². The van der Waals surface area contributed by atoms with Gasteiger partial charge >= 0.3 is 5.97 Å². The Bertz CT molecular complexity index is 1220. The summed E-state index contributed by atoms with van der Waals surface area (Å²) >= 11 is 6.13. The van der Waals surface area contributed by atoms with Gasteiger partial charge in [0.25, 0.3) is 0 Å². The lowest BCUT2D eigenvalue weighted by atomic mass is 9.94. The topological polar surface area (TPSA) is 57.6 Å². The second-order valence-electron chi connectivity index (χ2n) is 7.05. The summed E-state index contributed by atoms with van der Waals surface area (Å²) in [5, 5.41) is 10.1. The Morgan fingerprint density at radius 1 is 1.00 bits per heavy atom. The SMILES string of the molecule is CC(=O)N1Cc2cc(-c3ccc(F)cc3C(=O)O)ccc2C=Cc2cc(Cl)ccc21. The summed E-state index contributed by atoms with van der Waals surface area (Å²) in [7, 11) is 0. The third-order valence-electron chi connectivity index (χ3n) is 5.10. The second kappa shape index (κ2) is 7.76. The molecule has 6 heteroatoms. The number of carboxylic acid groups (broad SMARTS) is 1. The van der Waals surface area contributed by atoms with Gasteiger partial charge in [-0.1, -0.05) is 42.0 Å². The van der Waals surface area contributed by atoms with Crippen molar-refractivity contribution in [3.63, 3.8) is 0 Å². The number of halogens is 2. The number of carboxylic acids is 1. The minimum atomic E-state index is -1.20. The van der Waals surface area contributed by atoms with E-state index in [1.165, 1.54) is 19.1 Å². The molecule has 0 radical (unpaired) electrons. The normalized spacial score (nSPS) is 12.6. The van der Waals surface area contributed by atoms with E-state index in [4.69, 9.17) is 11.6 Å². The van der Waals surface area contributed by atoms with E-state index in [0.29, 0.717) is 22.7 Å². The Morgan fingerprint density at radius 2 is 1.77 bits per heavy atom. The molecule has 1 aliphatic heterocycles. The smallest absolute Gasteiger partial charge is 0.336 e. The minimum absolute atomic E-state index is 0.111. The summed E-state index contributed by atoms with van der Waals surface area (Å²) in [6, 6.07) is 14.6. The molecule has 30 heavy (non-hydrogen) atoms. The lowest BCUT2D eigenvalue weighted by molar-refractivity contribution is -0.116. The number of fused-ring (bicyclic) bond motifs is 2. The molecule has 0 saturated heterocycles. The standard InChI is InChI=1S/C24H17ClFNO3/c1-14(28)27-13-18-10-16(21-8-7-20(26)12-22(21)24(29)30)4-2-15(18)3-5-17-11-19(25)6-9-23(17)27/h2-12H,13H2,1H3,(H,29,30). The first-order valence-electron chi connectivity index (χ1n) is 9.25. The third kappa shape index (κ3) is 3.72. The van der Waals surface area contributed by atoms with Crippen molar-refractivity contribution in [1.82, 2.24) is 0 Å². The molecule has 0 aliphatic carbocycles. The Morgan fingerprint density at radius 3 is 2.50 bits per heavy atom. The number of hydrogen-bond acceptors (Lipinski definition) is 2. The number of amides is 1. The molecule has 1 N–H and O–H groups in total. The Balaban J connectivity index is 1.86. The molecule has 0 spiro atoms. The second-order valence-corrected chi connectivity index (χ2v) is 7.49. The number of anilines is 1. The van der Waals surface area contributed by atoms with Gasteiger partial charge in [-0.3, -0.25) is 4.79 Å². The average molecular weight is 422 g/mol. The summed E-state index contributed by atoms with van der Waals surface area (Å²) in [5.74, 6) is -1.94. The molecular weight excluding hydrogens is 405 g/mol. The largest absolute Gasteiger partial charge is 0.478 e. The molecule has 0 saturated carbocycles. The number of rotatable bonds is 2. The molecule has 3 aromatic carbocycles. The molecule has 0 fully saturated rings. The van der Waals surface area contributed by atoms with Crippen LogP contribution in [0.2, 0.25) is 5.02 Å². The highest BCUT2D eigenvalue weighted by molar-refractivity contribution is 6.30. The first-order chi connectivity index (χ1) is 14.3. The molecule has 0 bridgehead atoms. The highest BCUT2D eigenvalue weighted by atomic mass is 35.5. The lowest BCUT2D eigenvalue weighted by Crippen LogP contribution is -2.29. The zero-order chi connectivity index (χ0) is 21.4. The van der Waals surface area contributed by atoms with Crippen molar-refractivity contribution in [1.29, 1.82) is 0 Å². The fourth-order valence-electron chi connectivity index (χ4n) is 3.64. The summed E-state index contributed by atoms with van der Waals surface area (Å²) in [5.41, 5.74) is 4.26. The van der Waals surface area contributed by atoms with Gasteiger partial charge in [0.05, 0.1) is 17.8 Å². The van der Waals surface area contributed by atoms with Crippen LogP contribution in [0.25, 0.3) is 23.3 Å².